The molecule has 1 fully saturated rings. The van der Waals surface area contributed by atoms with Gasteiger partial charge in [0.05, 0.1) is 0 Å². The van der Waals surface area contributed by atoms with Gasteiger partial charge in [-0.2, -0.15) is 0 Å². The van der Waals surface area contributed by atoms with Crippen LogP contribution >= 0.6 is 0 Å². The summed E-state index contributed by atoms with van der Waals surface area (Å²) in [5.41, 5.74) is 2.79. The second-order valence-electron chi connectivity index (χ2n) is 6.41. The van der Waals surface area contributed by atoms with E-state index in [1.54, 1.807) is 14.2 Å². The van der Waals surface area contributed by atoms with Gasteiger partial charge in [0.1, 0.15) is 0 Å². The van der Waals surface area contributed by atoms with E-state index in [2.05, 4.69) is 32.4 Å². The van der Waals surface area contributed by atoms with Crippen molar-refractivity contribution in [1.82, 2.24) is 15.5 Å². The topological polar surface area (TPSA) is 73.3 Å². The van der Waals surface area contributed by atoms with Gasteiger partial charge in [0.15, 0.2) is 0 Å². The monoisotopic (exact) mass is 423 g/mol. The average molecular weight is 423 g/mol. The molecule has 1 amide bonds. The molecule has 1 aliphatic rings. The number of benzene rings is 2. The van der Waals surface area contributed by atoms with Crippen molar-refractivity contribution in [3.63, 3.8) is 0 Å². The van der Waals surface area contributed by atoms with Crippen LogP contribution in [0.3, 0.4) is 0 Å². The summed E-state index contributed by atoms with van der Waals surface area (Å²) in [5, 5.41) is 12.4. The molecule has 2 radical (unpaired) electrons. The number of methoxy groups -OCH3 is 2. The quantitative estimate of drug-likeness (QED) is 0.636. The van der Waals surface area contributed by atoms with Gasteiger partial charge in [0.2, 0.25) is 0 Å². The van der Waals surface area contributed by atoms with Crippen LogP contribution in [-0.2, 0) is 0 Å². The van der Waals surface area contributed by atoms with Crippen molar-refractivity contribution in [3.8, 4) is 22.6 Å². The number of hydrogen-bond donors (Lipinski definition) is 1. The summed E-state index contributed by atoms with van der Waals surface area (Å²) in [7, 11) is 3.26. The SMILES string of the molecule is COc1ccc(OC)c(-c2cccc3c([As])c(C(=O)NC4CC4)nnc23)c1. The number of hydrogen-bond acceptors (Lipinski definition) is 5. The Balaban J connectivity index is 1.86. The Morgan fingerprint density at radius 2 is 1.93 bits per heavy atom. The van der Waals surface area contributed by atoms with E-state index in [1.165, 1.54) is 0 Å². The van der Waals surface area contributed by atoms with Gasteiger partial charge >= 0.3 is 166 Å². The molecule has 0 atom stereocenters. The van der Waals surface area contributed by atoms with Crippen LogP contribution in [0.5, 0.6) is 11.5 Å². The Labute approximate surface area is 165 Å². The maximum absolute atomic E-state index is 12.4. The number of ether oxygens (including phenoxy) is 2. The van der Waals surface area contributed by atoms with Gasteiger partial charge in [0, 0.05) is 0 Å². The van der Waals surface area contributed by atoms with Gasteiger partial charge < -0.3 is 0 Å². The van der Waals surface area contributed by atoms with Crippen molar-refractivity contribution in [2.75, 3.05) is 14.2 Å². The van der Waals surface area contributed by atoms with Crippen LogP contribution in [0, 0.1) is 0 Å². The van der Waals surface area contributed by atoms with E-state index >= 15 is 0 Å². The Morgan fingerprint density at radius 3 is 2.63 bits per heavy atom. The van der Waals surface area contributed by atoms with Gasteiger partial charge in [-0.15, -0.1) is 0 Å². The number of carbonyl (C=O) groups is 1. The minimum absolute atomic E-state index is 0.174. The Bertz CT molecular complexity index is 1030. The van der Waals surface area contributed by atoms with E-state index in [-0.39, 0.29) is 11.9 Å². The maximum atomic E-state index is 12.4. The molecule has 1 saturated carbocycles. The predicted octanol–water partition coefficient (Wildman–Crippen LogP) is 2.00. The molecule has 4 rings (SSSR count). The fourth-order valence-electron chi connectivity index (χ4n) is 2.99. The van der Waals surface area contributed by atoms with Crippen LogP contribution in [0.2, 0.25) is 0 Å². The molecule has 0 spiro atoms. The molecule has 1 aromatic heterocycles. The number of fused-ring (bicyclic) bond motifs is 1. The molecule has 2 aromatic carbocycles. The minimum atomic E-state index is -0.174. The summed E-state index contributed by atoms with van der Waals surface area (Å²) < 4.78 is 11.6. The van der Waals surface area contributed by atoms with Crippen molar-refractivity contribution in [3.05, 3.63) is 42.1 Å². The number of nitrogens with zero attached hydrogens (tertiary/aromatic N) is 2. The molecular formula is C20H18AsN3O3. The molecule has 27 heavy (non-hydrogen) atoms. The zero-order valence-corrected chi connectivity index (χ0v) is 16.9. The summed E-state index contributed by atoms with van der Waals surface area (Å²) in [6, 6.07) is 11.7. The standard InChI is InChI=1S/C20H18AsN3O3/c1-26-12-8-9-16(27-2)15(10-12)13-4-3-5-14-17(21)19(24-23-18(13)14)20(25)22-11-6-7-11/h3-5,8-11H,6-7H2,1-2H3,(H,22,25). The molecule has 0 unspecified atom stereocenters. The van der Waals surface area contributed by atoms with Gasteiger partial charge in [-0.05, 0) is 0 Å². The number of aromatic nitrogens is 2. The first kappa shape index (κ1) is 17.8. The van der Waals surface area contributed by atoms with Crippen LogP contribution in [-0.4, -0.2) is 53.2 Å². The Hall–Kier alpha value is -2.59. The van der Waals surface area contributed by atoms with Crippen molar-refractivity contribution >= 4 is 38.0 Å². The normalized spacial score (nSPS) is 13.4. The summed E-state index contributed by atoms with van der Waals surface area (Å²) >= 11 is 2.45. The summed E-state index contributed by atoms with van der Waals surface area (Å²) in [6.07, 6.45) is 2.06. The van der Waals surface area contributed by atoms with Crippen LogP contribution in [0.25, 0.3) is 22.0 Å². The van der Waals surface area contributed by atoms with Crippen molar-refractivity contribution in [2.24, 2.45) is 0 Å². The molecule has 6 nitrogen and oxygen atoms in total. The zero-order chi connectivity index (χ0) is 19.0. The fraction of sp³-hybridized carbons (Fsp3) is 0.250. The predicted molar refractivity (Wildman–Crippen MR) is 104 cm³/mol. The van der Waals surface area contributed by atoms with Crippen LogP contribution in [0.1, 0.15) is 23.3 Å². The zero-order valence-electron chi connectivity index (χ0n) is 15.0. The molecule has 0 aliphatic heterocycles. The summed E-state index contributed by atoms with van der Waals surface area (Å²) in [4.78, 5) is 12.4. The van der Waals surface area contributed by atoms with Crippen LogP contribution < -0.4 is 19.1 Å². The third-order valence-electron chi connectivity index (χ3n) is 4.59. The first-order valence-corrected chi connectivity index (χ1v) is 9.58. The fourth-order valence-corrected chi connectivity index (χ4v) is 3.68. The van der Waals surface area contributed by atoms with Gasteiger partial charge in [-0.25, -0.2) is 0 Å². The number of rotatable bonds is 5. The molecular weight excluding hydrogens is 405 g/mol. The Morgan fingerprint density at radius 1 is 1.11 bits per heavy atom. The van der Waals surface area contributed by atoms with E-state index in [0.717, 1.165) is 39.5 Å². The van der Waals surface area contributed by atoms with E-state index in [1.807, 2.05) is 36.4 Å². The molecule has 1 aliphatic carbocycles. The van der Waals surface area contributed by atoms with E-state index in [4.69, 9.17) is 9.47 Å². The van der Waals surface area contributed by atoms with E-state index in [0.29, 0.717) is 17.0 Å². The first-order valence-electron chi connectivity index (χ1n) is 8.64. The molecule has 7 heteroatoms. The summed E-state index contributed by atoms with van der Waals surface area (Å²) in [5.74, 6) is 1.27. The molecule has 1 heterocycles. The molecule has 0 bridgehead atoms. The second kappa shape index (κ2) is 7.20. The number of nitrogens with one attached hydrogen (secondary N) is 1. The molecule has 0 saturated heterocycles. The average Bonchev–Trinajstić information content (AvgIpc) is 3.51. The number of carbonyl (C=O) groups excluding carboxylic acids is 1. The van der Waals surface area contributed by atoms with Crippen LogP contribution in [0.15, 0.2) is 36.4 Å². The third kappa shape index (κ3) is 3.37. The van der Waals surface area contributed by atoms with E-state index in [9.17, 15) is 4.79 Å². The van der Waals surface area contributed by atoms with Crippen molar-refractivity contribution in [2.45, 2.75) is 18.9 Å². The first-order chi connectivity index (χ1) is 13.1. The molecule has 1 N–H and O–H groups in total. The third-order valence-corrected chi connectivity index (χ3v) is 5.54. The second-order valence-corrected chi connectivity index (χ2v) is 7.35. The Kier molecular flexibility index (Phi) is 4.75. The number of amides is 1. The van der Waals surface area contributed by atoms with E-state index < -0.39 is 0 Å². The van der Waals surface area contributed by atoms with Gasteiger partial charge in [-0.3, -0.25) is 0 Å². The van der Waals surface area contributed by atoms with Crippen LogP contribution in [0.4, 0.5) is 0 Å². The molecule has 3 aromatic rings. The molecule has 136 valence electrons. The van der Waals surface area contributed by atoms with Crippen molar-refractivity contribution < 1.29 is 14.3 Å². The van der Waals surface area contributed by atoms with Gasteiger partial charge in [-0.1, -0.05) is 0 Å². The van der Waals surface area contributed by atoms with Gasteiger partial charge in [0.25, 0.3) is 0 Å². The summed E-state index contributed by atoms with van der Waals surface area (Å²) in [6.45, 7) is 0. The van der Waals surface area contributed by atoms with Crippen molar-refractivity contribution in [1.29, 1.82) is 0 Å².